The summed E-state index contributed by atoms with van der Waals surface area (Å²) in [5, 5.41) is 2.74. The molecule has 1 aliphatic heterocycles. The molecule has 12 heteroatoms. The van der Waals surface area contributed by atoms with Crippen molar-refractivity contribution in [2.24, 2.45) is 7.05 Å². The molecule has 2 aliphatic rings. The van der Waals surface area contributed by atoms with Crippen LogP contribution in [0.25, 0.3) is 0 Å². The lowest BCUT2D eigenvalue weighted by atomic mass is 9.78. The van der Waals surface area contributed by atoms with Gasteiger partial charge in [-0.2, -0.15) is 4.31 Å². The van der Waals surface area contributed by atoms with Crippen LogP contribution >= 0.6 is 0 Å². The van der Waals surface area contributed by atoms with E-state index < -0.39 is 33.2 Å². The summed E-state index contributed by atoms with van der Waals surface area (Å²) in [6, 6.07) is 4.36. The quantitative estimate of drug-likeness (QED) is 0.642. The first kappa shape index (κ1) is 25.6. The normalized spacial score (nSPS) is 21.1. The number of rotatable bonds is 6. The van der Waals surface area contributed by atoms with E-state index in [1.54, 1.807) is 24.6 Å². The maximum atomic E-state index is 14.3. The van der Waals surface area contributed by atoms with E-state index in [1.165, 1.54) is 29.0 Å². The summed E-state index contributed by atoms with van der Waals surface area (Å²) < 4.78 is 71.1. The number of piperazine rings is 1. The third-order valence-corrected chi connectivity index (χ3v) is 8.92. The third kappa shape index (κ3) is 5.24. The van der Waals surface area contributed by atoms with Crippen LogP contribution in [0.2, 0.25) is 0 Å². The molecular weight excluding hydrogens is 483 g/mol. The summed E-state index contributed by atoms with van der Waals surface area (Å²) >= 11 is 0. The molecule has 1 amide bonds. The van der Waals surface area contributed by atoms with Crippen molar-refractivity contribution in [3.8, 4) is 0 Å². The van der Waals surface area contributed by atoms with Crippen LogP contribution in [0.1, 0.15) is 41.6 Å². The molecule has 2 aromatic rings. The fourth-order valence-electron chi connectivity index (χ4n) is 5.00. The van der Waals surface area contributed by atoms with Crippen LogP contribution in [-0.4, -0.2) is 77.3 Å². The minimum atomic E-state index is -3.76. The lowest BCUT2D eigenvalue weighted by Gasteiger charge is -2.50. The van der Waals surface area contributed by atoms with Crippen molar-refractivity contribution >= 4 is 15.9 Å². The topological polar surface area (TPSA) is 87.5 Å². The van der Waals surface area contributed by atoms with E-state index in [9.17, 15) is 26.4 Å². The Morgan fingerprint density at radius 2 is 1.77 bits per heavy atom. The number of sulfonamides is 1. The molecule has 0 bridgehead atoms. The van der Waals surface area contributed by atoms with E-state index >= 15 is 0 Å². The van der Waals surface area contributed by atoms with Gasteiger partial charge in [0.2, 0.25) is 5.92 Å². The highest BCUT2D eigenvalue weighted by Gasteiger charge is 2.48. The van der Waals surface area contributed by atoms with Crippen LogP contribution in [0.3, 0.4) is 0 Å². The van der Waals surface area contributed by atoms with Crippen molar-refractivity contribution in [1.29, 1.82) is 0 Å². The van der Waals surface area contributed by atoms with Crippen LogP contribution in [0.4, 0.5) is 13.2 Å². The Kier molecular flexibility index (Phi) is 7.00. The monoisotopic (exact) mass is 513 g/mol. The number of carbonyl (C=O) groups is 1. The summed E-state index contributed by atoms with van der Waals surface area (Å²) in [6.45, 7) is 2.71. The molecule has 2 heterocycles. The van der Waals surface area contributed by atoms with E-state index in [0.717, 1.165) is 0 Å². The molecule has 0 atom stereocenters. The summed E-state index contributed by atoms with van der Waals surface area (Å²) in [5.41, 5.74) is -0.340. The number of hydrogen-bond donors (Lipinski definition) is 1. The molecule has 1 aromatic heterocycles. The van der Waals surface area contributed by atoms with Gasteiger partial charge in [0.25, 0.3) is 15.9 Å². The van der Waals surface area contributed by atoms with Crippen LogP contribution in [0, 0.1) is 12.7 Å². The highest BCUT2D eigenvalue weighted by atomic mass is 32.2. The summed E-state index contributed by atoms with van der Waals surface area (Å²) in [7, 11) is -2.08. The highest BCUT2D eigenvalue weighted by Crippen LogP contribution is 2.42. The number of aromatic nitrogens is 2. The minimum Gasteiger partial charge on any atom is -0.350 e. The van der Waals surface area contributed by atoms with Crippen LogP contribution in [0.5, 0.6) is 0 Å². The Hall–Kier alpha value is -2.44. The first-order valence-corrected chi connectivity index (χ1v) is 13.0. The van der Waals surface area contributed by atoms with E-state index in [1.807, 2.05) is 4.90 Å². The lowest BCUT2D eigenvalue weighted by Crippen LogP contribution is -2.63. The standard InChI is InChI=1S/C23H30F3N5O3S/c1-17-4-3-5-18(24)20(17)21(32)27-15-22(6-8-23(25,26)9-7-22)30-10-12-31(13-11-30)35(33,34)19-14-29(2)16-28-19/h3-5,14,16H,6-13,15H2,1-2H3,(H,27,32). The van der Waals surface area contributed by atoms with Crippen molar-refractivity contribution in [2.75, 3.05) is 32.7 Å². The number of hydrogen-bond acceptors (Lipinski definition) is 5. The molecule has 1 saturated carbocycles. The molecule has 1 N–H and O–H groups in total. The van der Waals surface area contributed by atoms with Gasteiger partial charge < -0.3 is 9.88 Å². The molecule has 1 saturated heterocycles. The molecule has 1 aromatic carbocycles. The van der Waals surface area contributed by atoms with Crippen molar-refractivity contribution in [3.63, 3.8) is 0 Å². The number of carbonyl (C=O) groups excluding carboxylic acids is 1. The summed E-state index contributed by atoms with van der Waals surface area (Å²) in [6.07, 6.45) is 2.49. The molecule has 1 aliphatic carbocycles. The fourth-order valence-corrected chi connectivity index (χ4v) is 6.38. The summed E-state index contributed by atoms with van der Waals surface area (Å²) in [4.78, 5) is 18.8. The smallest absolute Gasteiger partial charge is 0.262 e. The number of halogens is 3. The van der Waals surface area contributed by atoms with Gasteiger partial charge in [-0.3, -0.25) is 9.69 Å². The second-order valence-electron chi connectivity index (χ2n) is 9.46. The summed E-state index contributed by atoms with van der Waals surface area (Å²) in [5.74, 6) is -4.01. The zero-order chi connectivity index (χ0) is 25.4. The molecule has 0 unspecified atom stereocenters. The molecule has 0 radical (unpaired) electrons. The molecule has 192 valence electrons. The minimum absolute atomic E-state index is 0.0343. The largest absolute Gasteiger partial charge is 0.350 e. The fraction of sp³-hybridized carbons (Fsp3) is 0.565. The average molecular weight is 514 g/mol. The van der Waals surface area contributed by atoms with Gasteiger partial charge in [0.15, 0.2) is 5.03 Å². The second-order valence-corrected chi connectivity index (χ2v) is 11.3. The average Bonchev–Trinajstić information content (AvgIpc) is 3.26. The lowest BCUT2D eigenvalue weighted by molar-refractivity contribution is -0.0856. The predicted octanol–water partition coefficient (Wildman–Crippen LogP) is 2.55. The number of benzene rings is 1. The number of nitrogens with one attached hydrogen (secondary N) is 1. The van der Waals surface area contributed by atoms with Gasteiger partial charge >= 0.3 is 0 Å². The van der Waals surface area contributed by atoms with Crippen molar-refractivity contribution in [2.45, 2.75) is 49.1 Å². The van der Waals surface area contributed by atoms with Crippen LogP contribution < -0.4 is 5.32 Å². The van der Waals surface area contributed by atoms with E-state index in [2.05, 4.69) is 10.3 Å². The Bertz CT molecular complexity index is 1160. The first-order chi connectivity index (χ1) is 16.4. The Morgan fingerprint density at radius 1 is 1.11 bits per heavy atom. The van der Waals surface area contributed by atoms with Crippen molar-refractivity contribution in [1.82, 2.24) is 24.1 Å². The van der Waals surface area contributed by atoms with Gasteiger partial charge in [-0.15, -0.1) is 0 Å². The van der Waals surface area contributed by atoms with E-state index in [4.69, 9.17) is 0 Å². The van der Waals surface area contributed by atoms with Gasteiger partial charge in [-0.25, -0.2) is 26.6 Å². The van der Waals surface area contributed by atoms with Crippen LogP contribution in [-0.2, 0) is 17.1 Å². The van der Waals surface area contributed by atoms with Gasteiger partial charge in [0.05, 0.1) is 11.9 Å². The van der Waals surface area contributed by atoms with Crippen molar-refractivity contribution in [3.05, 3.63) is 47.7 Å². The van der Waals surface area contributed by atoms with Gasteiger partial charge in [0.1, 0.15) is 5.82 Å². The van der Waals surface area contributed by atoms with Gasteiger partial charge in [-0.05, 0) is 31.4 Å². The second kappa shape index (κ2) is 9.55. The molecule has 0 spiro atoms. The van der Waals surface area contributed by atoms with E-state index in [0.29, 0.717) is 18.7 Å². The zero-order valence-electron chi connectivity index (χ0n) is 19.8. The number of amides is 1. The molecular formula is C23H30F3N5O3S. The van der Waals surface area contributed by atoms with Gasteiger partial charge in [0, 0.05) is 64.3 Å². The van der Waals surface area contributed by atoms with E-state index in [-0.39, 0.29) is 55.9 Å². The predicted molar refractivity (Wildman–Crippen MR) is 123 cm³/mol. The third-order valence-electron chi connectivity index (χ3n) is 7.13. The number of aryl methyl sites for hydroxylation is 2. The highest BCUT2D eigenvalue weighted by molar-refractivity contribution is 7.89. The number of nitrogens with zero attached hydrogens (tertiary/aromatic N) is 4. The number of imidazole rings is 1. The van der Waals surface area contributed by atoms with Crippen LogP contribution in [0.15, 0.2) is 35.7 Å². The Balaban J connectivity index is 1.49. The Morgan fingerprint density at radius 3 is 2.34 bits per heavy atom. The first-order valence-electron chi connectivity index (χ1n) is 11.6. The molecule has 35 heavy (non-hydrogen) atoms. The SMILES string of the molecule is Cc1cccc(F)c1C(=O)NCC1(N2CCN(S(=O)(=O)c3cn(C)cn3)CC2)CCC(F)(F)CC1. The molecule has 4 rings (SSSR count). The maximum absolute atomic E-state index is 14.3. The number of alkyl halides is 2. The Labute approximate surface area is 203 Å². The van der Waals surface area contributed by atoms with Gasteiger partial charge in [-0.1, -0.05) is 12.1 Å². The van der Waals surface area contributed by atoms with Crippen molar-refractivity contribution < 1.29 is 26.4 Å². The zero-order valence-corrected chi connectivity index (χ0v) is 20.6. The molecule has 8 nitrogen and oxygen atoms in total. The maximum Gasteiger partial charge on any atom is 0.262 e. The molecule has 2 fully saturated rings.